The summed E-state index contributed by atoms with van der Waals surface area (Å²) in [4.78, 5) is 27.8. The summed E-state index contributed by atoms with van der Waals surface area (Å²) in [5.74, 6) is -0.913. The maximum atomic E-state index is 14.2. The van der Waals surface area contributed by atoms with Gasteiger partial charge >= 0.3 is 0 Å². The average Bonchev–Trinajstić information content (AvgIpc) is 2.80. The summed E-state index contributed by atoms with van der Waals surface area (Å²) in [5, 5.41) is 13.6. The second kappa shape index (κ2) is 8.96. The minimum Gasteiger partial charge on any atom is -0.393 e. The number of aromatic nitrogens is 1. The first-order chi connectivity index (χ1) is 16.0. The van der Waals surface area contributed by atoms with Crippen molar-refractivity contribution in [2.75, 3.05) is 31.2 Å². The Bertz CT molecular complexity index is 1250. The highest BCUT2D eigenvalue weighted by atomic mass is 19.1. The summed E-state index contributed by atoms with van der Waals surface area (Å²) in [6, 6.07) is 11.7. The third-order valence-corrected chi connectivity index (χ3v) is 6.36. The van der Waals surface area contributed by atoms with Gasteiger partial charge < -0.3 is 24.6 Å². The first-order valence-electron chi connectivity index (χ1n) is 11.2. The van der Waals surface area contributed by atoms with Crippen LogP contribution in [-0.4, -0.2) is 54.0 Å². The van der Waals surface area contributed by atoms with Gasteiger partial charge in [-0.1, -0.05) is 0 Å². The zero-order valence-electron chi connectivity index (χ0n) is 18.2. The van der Waals surface area contributed by atoms with E-state index < -0.39 is 5.82 Å². The van der Waals surface area contributed by atoms with Crippen molar-refractivity contribution >= 4 is 22.4 Å². The van der Waals surface area contributed by atoms with Gasteiger partial charge in [0.25, 0.3) is 11.5 Å². The lowest BCUT2D eigenvalue weighted by molar-refractivity contribution is 0.0562. The number of amides is 1. The molecule has 1 amide bonds. The summed E-state index contributed by atoms with van der Waals surface area (Å²) in [5.41, 5.74) is 1.62. The van der Waals surface area contributed by atoms with Gasteiger partial charge in [0, 0.05) is 42.0 Å². The van der Waals surface area contributed by atoms with Gasteiger partial charge in [-0.25, -0.2) is 4.39 Å². The van der Waals surface area contributed by atoms with Crippen LogP contribution in [0.25, 0.3) is 10.8 Å². The van der Waals surface area contributed by atoms with Crippen LogP contribution in [0.3, 0.4) is 0 Å². The molecule has 3 aromatic rings. The number of hydrogen-bond acceptors (Lipinski definition) is 5. The SMILES string of the molecule is O=C(N[C@H]1C[C@H](O)C1)c1cc(F)cc(Cn2ccc3cc(N4CCOCC4)ccc3c2=O)c1. The van der Waals surface area contributed by atoms with Crippen molar-refractivity contribution in [2.45, 2.75) is 31.5 Å². The Morgan fingerprint density at radius 3 is 2.67 bits per heavy atom. The molecule has 5 rings (SSSR count). The molecule has 8 heteroatoms. The third kappa shape index (κ3) is 4.62. The Kier molecular flexibility index (Phi) is 5.86. The van der Waals surface area contributed by atoms with Crippen LogP contribution in [0.5, 0.6) is 0 Å². The summed E-state index contributed by atoms with van der Waals surface area (Å²) < 4.78 is 21.2. The van der Waals surface area contributed by atoms with Crippen LogP contribution in [0.15, 0.2) is 53.5 Å². The van der Waals surface area contributed by atoms with E-state index >= 15 is 0 Å². The standard InChI is InChI=1S/C25H26FN3O4/c26-19-10-16(9-18(11-19)24(31)27-20-13-22(30)14-20)15-29-4-3-17-12-21(1-2-23(17)25(29)32)28-5-7-33-8-6-28/h1-4,9-12,20,22,30H,5-8,13-15H2,(H,27,31)/t20-,22-. The van der Waals surface area contributed by atoms with E-state index in [9.17, 15) is 19.1 Å². The number of halogens is 1. The molecular weight excluding hydrogens is 425 g/mol. The predicted molar refractivity (Wildman–Crippen MR) is 123 cm³/mol. The van der Waals surface area contributed by atoms with Gasteiger partial charge in [0.15, 0.2) is 0 Å². The van der Waals surface area contributed by atoms with Crippen LogP contribution in [0.4, 0.5) is 10.1 Å². The number of nitrogens with one attached hydrogen (secondary N) is 1. The number of hydrogen-bond donors (Lipinski definition) is 2. The number of ether oxygens (including phenoxy) is 1. The number of rotatable bonds is 5. The molecule has 0 unspecified atom stereocenters. The number of fused-ring (bicyclic) bond motifs is 1. The number of carbonyl (C=O) groups excluding carboxylic acids is 1. The van der Waals surface area contributed by atoms with Crippen molar-refractivity contribution in [3.8, 4) is 0 Å². The molecule has 0 spiro atoms. The molecule has 1 aromatic heterocycles. The van der Waals surface area contributed by atoms with Crippen LogP contribution in [-0.2, 0) is 11.3 Å². The quantitative estimate of drug-likeness (QED) is 0.622. The van der Waals surface area contributed by atoms with Gasteiger partial charge in [-0.2, -0.15) is 0 Å². The Balaban J connectivity index is 1.37. The average molecular weight is 451 g/mol. The third-order valence-electron chi connectivity index (χ3n) is 6.36. The van der Waals surface area contributed by atoms with Crippen LogP contribution in [0.2, 0.25) is 0 Å². The molecule has 172 valence electrons. The number of pyridine rings is 1. The normalized spacial score (nSPS) is 20.5. The molecule has 0 bridgehead atoms. The summed E-state index contributed by atoms with van der Waals surface area (Å²) in [6.45, 7) is 3.17. The Hall–Kier alpha value is -3.23. The van der Waals surface area contributed by atoms with Crippen molar-refractivity contribution in [3.63, 3.8) is 0 Å². The second-order valence-corrected chi connectivity index (χ2v) is 8.76. The van der Waals surface area contributed by atoms with Crippen molar-refractivity contribution in [1.82, 2.24) is 9.88 Å². The Labute approximate surface area is 190 Å². The zero-order valence-corrected chi connectivity index (χ0v) is 18.2. The number of nitrogens with zero attached hydrogens (tertiary/aromatic N) is 2. The first-order valence-corrected chi connectivity index (χ1v) is 11.2. The van der Waals surface area contributed by atoms with Gasteiger partial charge in [-0.15, -0.1) is 0 Å². The van der Waals surface area contributed by atoms with Gasteiger partial charge in [0.05, 0.1) is 25.9 Å². The fourth-order valence-electron chi connectivity index (χ4n) is 4.46. The lowest BCUT2D eigenvalue weighted by atomic mass is 9.89. The number of aliphatic hydroxyl groups excluding tert-OH is 1. The van der Waals surface area contributed by atoms with Crippen LogP contribution in [0.1, 0.15) is 28.8 Å². The van der Waals surface area contributed by atoms with Gasteiger partial charge in [0.1, 0.15) is 5.82 Å². The molecule has 1 aliphatic carbocycles. The van der Waals surface area contributed by atoms with Crippen molar-refractivity contribution < 1.29 is 19.0 Å². The highest BCUT2D eigenvalue weighted by Gasteiger charge is 2.28. The molecule has 1 saturated carbocycles. The summed E-state index contributed by atoms with van der Waals surface area (Å²) in [7, 11) is 0. The highest BCUT2D eigenvalue weighted by Crippen LogP contribution is 2.22. The summed E-state index contributed by atoms with van der Waals surface area (Å²) in [6.07, 6.45) is 2.33. The highest BCUT2D eigenvalue weighted by molar-refractivity contribution is 5.94. The van der Waals surface area contributed by atoms with E-state index in [0.717, 1.165) is 24.2 Å². The number of carbonyl (C=O) groups is 1. The topological polar surface area (TPSA) is 83.8 Å². The predicted octanol–water partition coefficient (Wildman–Crippen LogP) is 2.28. The molecular formula is C25H26FN3O4. The minimum atomic E-state index is -0.532. The fraction of sp³-hybridized carbons (Fsp3) is 0.360. The summed E-state index contributed by atoms with van der Waals surface area (Å²) >= 11 is 0. The molecule has 0 atom stereocenters. The van der Waals surface area contributed by atoms with E-state index in [1.807, 2.05) is 24.3 Å². The first kappa shape index (κ1) is 21.6. The Morgan fingerprint density at radius 1 is 1.12 bits per heavy atom. The molecule has 33 heavy (non-hydrogen) atoms. The van der Waals surface area contributed by atoms with E-state index in [-0.39, 0.29) is 35.7 Å². The molecule has 1 aliphatic heterocycles. The van der Waals surface area contributed by atoms with E-state index in [1.165, 1.54) is 16.7 Å². The van der Waals surface area contributed by atoms with Crippen LogP contribution in [0, 0.1) is 5.82 Å². The molecule has 2 N–H and O–H groups in total. The second-order valence-electron chi connectivity index (χ2n) is 8.76. The van der Waals surface area contributed by atoms with Crippen molar-refractivity contribution in [1.29, 1.82) is 0 Å². The smallest absolute Gasteiger partial charge is 0.258 e. The number of benzene rings is 2. The molecule has 2 fully saturated rings. The number of aliphatic hydroxyl groups is 1. The monoisotopic (exact) mass is 451 g/mol. The molecule has 0 radical (unpaired) electrons. The van der Waals surface area contributed by atoms with Crippen molar-refractivity contribution in [3.05, 3.63) is 76.0 Å². The number of anilines is 1. The number of morpholine rings is 1. The maximum Gasteiger partial charge on any atom is 0.258 e. The van der Waals surface area contributed by atoms with Crippen molar-refractivity contribution in [2.24, 2.45) is 0 Å². The lowest BCUT2D eigenvalue weighted by Crippen LogP contribution is -2.46. The lowest BCUT2D eigenvalue weighted by Gasteiger charge is -2.31. The van der Waals surface area contributed by atoms with Crippen LogP contribution < -0.4 is 15.8 Å². The van der Waals surface area contributed by atoms with Gasteiger partial charge in [0.2, 0.25) is 0 Å². The molecule has 2 heterocycles. The molecule has 2 aromatic carbocycles. The molecule has 1 saturated heterocycles. The zero-order chi connectivity index (χ0) is 22.9. The molecule has 7 nitrogen and oxygen atoms in total. The fourth-order valence-corrected chi connectivity index (χ4v) is 4.46. The van der Waals surface area contributed by atoms with E-state index in [0.29, 0.717) is 37.0 Å². The van der Waals surface area contributed by atoms with Gasteiger partial charge in [-0.05, 0) is 66.3 Å². The molecule has 2 aliphatic rings. The minimum absolute atomic E-state index is 0.0929. The van der Waals surface area contributed by atoms with E-state index in [4.69, 9.17) is 4.74 Å². The van der Waals surface area contributed by atoms with E-state index in [1.54, 1.807) is 12.3 Å². The Morgan fingerprint density at radius 2 is 1.91 bits per heavy atom. The van der Waals surface area contributed by atoms with E-state index in [2.05, 4.69) is 10.2 Å². The van der Waals surface area contributed by atoms with Gasteiger partial charge in [-0.3, -0.25) is 9.59 Å². The largest absolute Gasteiger partial charge is 0.393 e. The van der Waals surface area contributed by atoms with Crippen LogP contribution >= 0.6 is 0 Å². The maximum absolute atomic E-state index is 14.2.